The zero-order valence-electron chi connectivity index (χ0n) is 11.7. The van der Waals surface area contributed by atoms with Gasteiger partial charge in [-0.1, -0.05) is 0 Å². The number of carboxylic acid groups (broad SMARTS) is 1. The number of sulfonamides is 1. The number of carbonyl (C=O) groups is 1. The van der Waals surface area contributed by atoms with Crippen LogP contribution in [0.3, 0.4) is 0 Å². The smallest absolute Gasteiger partial charge is 0.337 e. The standard InChI is InChI=1S/C13H19N3O4S/c1-16(10-3-4-10)7-6-15-21(19,20)12-5-2-9(14)8-11(12)13(17)18/h2,5,8,10,15H,3-4,6-7,14H2,1H3,(H,17,18). The lowest BCUT2D eigenvalue weighted by Gasteiger charge is -2.16. The van der Waals surface area contributed by atoms with Crippen molar-refractivity contribution in [1.29, 1.82) is 0 Å². The average Bonchev–Trinajstić information content (AvgIpc) is 3.22. The van der Waals surface area contributed by atoms with Crippen molar-refractivity contribution in [3.63, 3.8) is 0 Å². The molecule has 0 radical (unpaired) electrons. The molecule has 1 aliphatic carbocycles. The second-order valence-electron chi connectivity index (χ2n) is 5.17. The Morgan fingerprint density at radius 2 is 2.14 bits per heavy atom. The normalized spacial score (nSPS) is 15.3. The largest absolute Gasteiger partial charge is 0.478 e. The van der Waals surface area contributed by atoms with E-state index in [0.29, 0.717) is 12.6 Å². The first-order valence-corrected chi connectivity index (χ1v) is 8.12. The van der Waals surface area contributed by atoms with E-state index in [0.717, 1.165) is 18.9 Å². The molecule has 7 nitrogen and oxygen atoms in total. The quantitative estimate of drug-likeness (QED) is 0.626. The van der Waals surface area contributed by atoms with Crippen molar-refractivity contribution in [2.75, 3.05) is 25.9 Å². The maximum absolute atomic E-state index is 12.2. The molecule has 0 aromatic heterocycles. The van der Waals surface area contributed by atoms with E-state index in [9.17, 15) is 13.2 Å². The van der Waals surface area contributed by atoms with E-state index in [2.05, 4.69) is 9.62 Å². The number of benzene rings is 1. The first-order valence-electron chi connectivity index (χ1n) is 6.64. The molecule has 0 bridgehead atoms. The lowest BCUT2D eigenvalue weighted by Crippen LogP contribution is -2.34. The highest BCUT2D eigenvalue weighted by atomic mass is 32.2. The molecule has 2 rings (SSSR count). The van der Waals surface area contributed by atoms with Crippen LogP contribution in [0.2, 0.25) is 0 Å². The Labute approximate surface area is 123 Å². The number of hydrogen-bond donors (Lipinski definition) is 3. The predicted octanol–water partition coefficient (Wildman–Crippen LogP) is 0.340. The summed E-state index contributed by atoms with van der Waals surface area (Å²) in [6.45, 7) is 0.819. The molecule has 4 N–H and O–H groups in total. The van der Waals surface area contributed by atoms with Gasteiger partial charge >= 0.3 is 5.97 Å². The number of nitrogens with one attached hydrogen (secondary N) is 1. The van der Waals surface area contributed by atoms with E-state index in [4.69, 9.17) is 10.8 Å². The maximum Gasteiger partial charge on any atom is 0.337 e. The minimum Gasteiger partial charge on any atom is -0.478 e. The number of nitrogens with zero attached hydrogens (tertiary/aromatic N) is 1. The minimum atomic E-state index is -3.87. The summed E-state index contributed by atoms with van der Waals surface area (Å²) in [6.07, 6.45) is 2.29. The molecule has 1 aromatic carbocycles. The van der Waals surface area contributed by atoms with E-state index in [1.807, 2.05) is 7.05 Å². The lowest BCUT2D eigenvalue weighted by atomic mass is 10.2. The highest BCUT2D eigenvalue weighted by Crippen LogP contribution is 2.24. The molecule has 0 aliphatic heterocycles. The highest BCUT2D eigenvalue weighted by Gasteiger charge is 2.26. The van der Waals surface area contributed by atoms with Crippen molar-refractivity contribution in [2.24, 2.45) is 0 Å². The predicted molar refractivity (Wildman–Crippen MR) is 78.7 cm³/mol. The number of nitrogens with two attached hydrogens (primary N) is 1. The SMILES string of the molecule is CN(CCNS(=O)(=O)c1ccc(N)cc1C(=O)O)C1CC1. The lowest BCUT2D eigenvalue weighted by molar-refractivity contribution is 0.0692. The molecule has 0 spiro atoms. The molecule has 0 saturated heterocycles. The van der Waals surface area contributed by atoms with E-state index in [1.54, 1.807) is 0 Å². The molecule has 0 amide bonds. The Hall–Kier alpha value is -1.64. The van der Waals surface area contributed by atoms with Gasteiger partial charge in [0.05, 0.1) is 10.5 Å². The van der Waals surface area contributed by atoms with E-state index in [-0.39, 0.29) is 22.7 Å². The zero-order chi connectivity index (χ0) is 15.6. The molecule has 116 valence electrons. The van der Waals surface area contributed by atoms with Gasteiger partial charge in [0.25, 0.3) is 0 Å². The van der Waals surface area contributed by atoms with Gasteiger partial charge in [-0.05, 0) is 38.1 Å². The second-order valence-corrected chi connectivity index (χ2v) is 6.91. The molecule has 0 atom stereocenters. The summed E-state index contributed by atoms with van der Waals surface area (Å²) in [6, 6.07) is 4.27. The van der Waals surface area contributed by atoms with Crippen LogP contribution in [0, 0.1) is 0 Å². The van der Waals surface area contributed by atoms with Gasteiger partial charge in [-0.2, -0.15) is 0 Å². The summed E-state index contributed by atoms with van der Waals surface area (Å²) < 4.78 is 26.8. The third kappa shape index (κ3) is 3.93. The third-order valence-corrected chi connectivity index (χ3v) is 4.97. The summed E-state index contributed by atoms with van der Waals surface area (Å²) in [4.78, 5) is 13.0. The Kier molecular flexibility index (Phi) is 4.50. The fraction of sp³-hybridized carbons (Fsp3) is 0.462. The van der Waals surface area contributed by atoms with Gasteiger partial charge in [0.15, 0.2) is 0 Å². The van der Waals surface area contributed by atoms with Crippen LogP contribution in [0.1, 0.15) is 23.2 Å². The Balaban J connectivity index is 2.09. The molecule has 0 unspecified atom stereocenters. The Bertz CT molecular complexity index is 641. The van der Waals surface area contributed by atoms with Crippen LogP contribution in [0.4, 0.5) is 5.69 Å². The van der Waals surface area contributed by atoms with Crippen molar-refractivity contribution >= 4 is 21.7 Å². The molecule has 1 saturated carbocycles. The summed E-state index contributed by atoms with van der Waals surface area (Å²) in [7, 11) is -1.92. The summed E-state index contributed by atoms with van der Waals surface area (Å²) in [5, 5.41) is 9.09. The molecular weight excluding hydrogens is 294 g/mol. The van der Waals surface area contributed by atoms with Crippen LogP contribution in [0.25, 0.3) is 0 Å². The molecule has 8 heteroatoms. The number of nitrogen functional groups attached to an aromatic ring is 1. The maximum atomic E-state index is 12.2. The molecule has 21 heavy (non-hydrogen) atoms. The number of anilines is 1. The second kappa shape index (κ2) is 6.00. The Morgan fingerprint density at radius 3 is 2.71 bits per heavy atom. The van der Waals surface area contributed by atoms with E-state index < -0.39 is 16.0 Å². The van der Waals surface area contributed by atoms with Gasteiger partial charge < -0.3 is 15.7 Å². The van der Waals surface area contributed by atoms with E-state index in [1.165, 1.54) is 12.1 Å². The zero-order valence-corrected chi connectivity index (χ0v) is 12.6. The molecule has 1 aliphatic rings. The van der Waals surface area contributed by atoms with Crippen LogP contribution in [0.15, 0.2) is 23.1 Å². The van der Waals surface area contributed by atoms with Gasteiger partial charge in [0.1, 0.15) is 0 Å². The fourth-order valence-corrected chi connectivity index (χ4v) is 3.28. The molecule has 0 heterocycles. The average molecular weight is 313 g/mol. The van der Waals surface area contributed by atoms with Crippen LogP contribution < -0.4 is 10.5 Å². The van der Waals surface area contributed by atoms with Crippen molar-refractivity contribution in [3.05, 3.63) is 23.8 Å². The van der Waals surface area contributed by atoms with Crippen molar-refractivity contribution in [1.82, 2.24) is 9.62 Å². The summed E-state index contributed by atoms with van der Waals surface area (Å²) in [5.74, 6) is -1.32. The number of rotatable bonds is 7. The number of likely N-dealkylation sites (N-methyl/N-ethyl adjacent to an activating group) is 1. The van der Waals surface area contributed by atoms with Gasteiger partial charge in [0.2, 0.25) is 10.0 Å². The van der Waals surface area contributed by atoms with Gasteiger partial charge in [0, 0.05) is 24.8 Å². The summed E-state index contributed by atoms with van der Waals surface area (Å²) in [5.41, 5.74) is 5.39. The van der Waals surface area contributed by atoms with Crippen LogP contribution in [-0.4, -0.2) is 50.6 Å². The fourth-order valence-electron chi connectivity index (χ4n) is 2.08. The first-order chi connectivity index (χ1) is 9.81. The van der Waals surface area contributed by atoms with Crippen LogP contribution in [0.5, 0.6) is 0 Å². The van der Waals surface area contributed by atoms with Gasteiger partial charge in [-0.15, -0.1) is 0 Å². The minimum absolute atomic E-state index is 0.208. The van der Waals surface area contributed by atoms with E-state index >= 15 is 0 Å². The highest BCUT2D eigenvalue weighted by molar-refractivity contribution is 7.89. The first kappa shape index (κ1) is 15.7. The number of aromatic carboxylic acids is 1. The molecule has 1 fully saturated rings. The third-order valence-electron chi connectivity index (χ3n) is 3.45. The van der Waals surface area contributed by atoms with Crippen LogP contribution in [-0.2, 0) is 10.0 Å². The molecule has 1 aromatic rings. The van der Waals surface area contributed by atoms with Gasteiger partial charge in [-0.25, -0.2) is 17.9 Å². The topological polar surface area (TPSA) is 113 Å². The summed E-state index contributed by atoms with van der Waals surface area (Å²) >= 11 is 0. The van der Waals surface area contributed by atoms with Gasteiger partial charge in [-0.3, -0.25) is 0 Å². The van der Waals surface area contributed by atoms with Crippen molar-refractivity contribution in [2.45, 2.75) is 23.8 Å². The van der Waals surface area contributed by atoms with Crippen LogP contribution >= 0.6 is 0 Å². The monoisotopic (exact) mass is 313 g/mol. The van der Waals surface area contributed by atoms with Crippen molar-refractivity contribution < 1.29 is 18.3 Å². The Morgan fingerprint density at radius 1 is 1.48 bits per heavy atom. The number of carboxylic acids is 1. The van der Waals surface area contributed by atoms with Crippen molar-refractivity contribution in [3.8, 4) is 0 Å². The number of hydrogen-bond acceptors (Lipinski definition) is 5. The molecular formula is C13H19N3O4S.